The van der Waals surface area contributed by atoms with Crippen molar-refractivity contribution in [2.75, 3.05) is 0 Å². The third-order valence-corrected chi connectivity index (χ3v) is 2.42. The molecule has 110 valence electrons. The quantitative estimate of drug-likeness (QED) is 0.439. The van der Waals surface area contributed by atoms with E-state index in [0.29, 0.717) is 0 Å². The molecule has 0 N–H and O–H groups in total. The Labute approximate surface area is 111 Å². The number of aromatic nitrogens is 2. The molecule has 1 heterocycles. The molecule has 1 rings (SSSR count). The molecule has 0 aliphatic heterocycles. The van der Waals surface area contributed by atoms with Crippen LogP contribution in [0.5, 0.6) is 0 Å². The number of halogens is 4. The molecule has 0 aliphatic rings. The van der Waals surface area contributed by atoms with Gasteiger partial charge >= 0.3 is 7.25 Å². The standard InChI is InChI=1S/C12H21N2.BF4/c1-4-7-9-14-11-10-13(8-5-2)12(14)6-3;2-1(3,4)5/h5,8,10-11H,4,6-7,9H2,1-3H3;/q+1;-1. The summed E-state index contributed by atoms with van der Waals surface area (Å²) >= 11 is 0. The molecule has 0 saturated heterocycles. The highest BCUT2D eigenvalue weighted by Crippen LogP contribution is 2.06. The molecule has 1 aromatic heterocycles. The smallest absolute Gasteiger partial charge is 0.418 e. The number of unbranched alkanes of at least 4 members (excludes halogenated alkanes) is 1. The lowest BCUT2D eigenvalue weighted by atomic mass is 10.3. The Morgan fingerprint density at radius 2 is 1.84 bits per heavy atom. The maximum atomic E-state index is 9.75. The maximum Gasteiger partial charge on any atom is 0.673 e. The van der Waals surface area contributed by atoms with Crippen LogP contribution in [0.2, 0.25) is 0 Å². The van der Waals surface area contributed by atoms with Crippen LogP contribution in [0.15, 0.2) is 18.5 Å². The van der Waals surface area contributed by atoms with E-state index in [1.165, 1.54) is 18.7 Å². The third-order valence-electron chi connectivity index (χ3n) is 2.42. The van der Waals surface area contributed by atoms with Crippen LogP contribution in [-0.2, 0) is 13.0 Å². The Balaban J connectivity index is 0.000000555. The van der Waals surface area contributed by atoms with E-state index in [1.54, 1.807) is 0 Å². The van der Waals surface area contributed by atoms with Gasteiger partial charge < -0.3 is 17.3 Å². The SMILES string of the molecule is CC=Cn1cc[n+](CCCC)c1CC.F[B-](F)(F)F. The van der Waals surface area contributed by atoms with E-state index in [0.717, 1.165) is 13.0 Å². The molecule has 0 fully saturated rings. The number of allylic oxidation sites excluding steroid dienone is 1. The zero-order chi connectivity index (χ0) is 14.9. The van der Waals surface area contributed by atoms with Crippen molar-refractivity contribution >= 4 is 13.5 Å². The lowest BCUT2D eigenvalue weighted by molar-refractivity contribution is -0.703. The molecule has 0 saturated carbocycles. The lowest BCUT2D eigenvalue weighted by Crippen LogP contribution is -2.36. The van der Waals surface area contributed by atoms with E-state index in [1.807, 2.05) is 0 Å². The molecule has 7 heteroatoms. The fourth-order valence-corrected chi connectivity index (χ4v) is 1.69. The van der Waals surface area contributed by atoms with Crippen molar-refractivity contribution in [2.45, 2.75) is 46.6 Å². The minimum atomic E-state index is -6.00. The van der Waals surface area contributed by atoms with Gasteiger partial charge in [0, 0.05) is 6.42 Å². The number of aryl methyl sites for hydroxylation is 1. The van der Waals surface area contributed by atoms with E-state index in [2.05, 4.69) is 54.6 Å². The van der Waals surface area contributed by atoms with Gasteiger partial charge in [0.25, 0.3) is 5.82 Å². The number of nitrogens with zero attached hydrogens (tertiary/aromatic N) is 2. The van der Waals surface area contributed by atoms with Crippen LogP contribution in [0.3, 0.4) is 0 Å². The first kappa shape index (κ1) is 17.7. The lowest BCUT2D eigenvalue weighted by Gasteiger charge is -1.99. The highest BCUT2D eigenvalue weighted by Gasteiger charge is 2.20. The number of imidazole rings is 1. The highest BCUT2D eigenvalue weighted by atomic mass is 19.5. The molecule has 0 unspecified atom stereocenters. The van der Waals surface area contributed by atoms with Gasteiger partial charge in [0.15, 0.2) is 0 Å². The summed E-state index contributed by atoms with van der Waals surface area (Å²) in [6, 6.07) is 0. The first-order valence-corrected chi connectivity index (χ1v) is 6.42. The molecule has 2 nitrogen and oxygen atoms in total. The van der Waals surface area contributed by atoms with Gasteiger partial charge in [-0.3, -0.25) is 0 Å². The molecule has 1 aromatic rings. The Bertz CT molecular complexity index is 380. The largest absolute Gasteiger partial charge is 0.673 e. The van der Waals surface area contributed by atoms with Crippen LogP contribution in [-0.4, -0.2) is 11.8 Å². The number of hydrogen-bond acceptors (Lipinski definition) is 0. The summed E-state index contributed by atoms with van der Waals surface area (Å²) in [6.07, 6.45) is 12.1. The Morgan fingerprint density at radius 1 is 1.26 bits per heavy atom. The molecule has 0 spiro atoms. The minimum Gasteiger partial charge on any atom is -0.418 e. The monoisotopic (exact) mass is 280 g/mol. The van der Waals surface area contributed by atoms with E-state index in [-0.39, 0.29) is 0 Å². The van der Waals surface area contributed by atoms with E-state index >= 15 is 0 Å². The summed E-state index contributed by atoms with van der Waals surface area (Å²) in [5, 5.41) is 0. The highest BCUT2D eigenvalue weighted by molar-refractivity contribution is 6.50. The van der Waals surface area contributed by atoms with Gasteiger partial charge in [0.1, 0.15) is 12.4 Å². The first-order valence-electron chi connectivity index (χ1n) is 6.42. The van der Waals surface area contributed by atoms with E-state index < -0.39 is 7.25 Å². The molecule has 0 amide bonds. The van der Waals surface area contributed by atoms with Crippen LogP contribution >= 0.6 is 0 Å². The topological polar surface area (TPSA) is 8.81 Å². The van der Waals surface area contributed by atoms with Crippen molar-refractivity contribution in [1.82, 2.24) is 4.57 Å². The van der Waals surface area contributed by atoms with Crippen molar-refractivity contribution in [2.24, 2.45) is 0 Å². The maximum absolute atomic E-state index is 9.75. The predicted octanol–water partition coefficient (Wildman–Crippen LogP) is 3.93. The molecular weight excluding hydrogens is 259 g/mol. The summed E-state index contributed by atoms with van der Waals surface area (Å²) in [7, 11) is -6.00. The second kappa shape index (κ2) is 8.77. The zero-order valence-electron chi connectivity index (χ0n) is 11.6. The van der Waals surface area contributed by atoms with Gasteiger partial charge in [0.2, 0.25) is 0 Å². The molecular formula is C12H21BF4N2. The van der Waals surface area contributed by atoms with Crippen LogP contribution in [0, 0.1) is 0 Å². The molecule has 0 aliphatic carbocycles. The Kier molecular flexibility index (Phi) is 8.19. The number of rotatable bonds is 5. The van der Waals surface area contributed by atoms with E-state index in [4.69, 9.17) is 0 Å². The van der Waals surface area contributed by atoms with Crippen molar-refractivity contribution < 1.29 is 21.8 Å². The molecule has 0 atom stereocenters. The normalized spacial score (nSPS) is 11.5. The Morgan fingerprint density at radius 3 is 2.26 bits per heavy atom. The fraction of sp³-hybridized carbons (Fsp3) is 0.583. The van der Waals surface area contributed by atoms with Gasteiger partial charge in [-0.2, -0.15) is 0 Å². The molecule has 0 bridgehead atoms. The first-order chi connectivity index (χ1) is 8.83. The van der Waals surface area contributed by atoms with Crippen molar-refractivity contribution in [3.8, 4) is 0 Å². The average Bonchev–Trinajstić information content (AvgIpc) is 2.67. The van der Waals surface area contributed by atoms with Gasteiger partial charge in [-0.1, -0.05) is 20.3 Å². The fourth-order valence-electron chi connectivity index (χ4n) is 1.69. The van der Waals surface area contributed by atoms with Crippen LogP contribution < -0.4 is 4.57 Å². The Hall–Kier alpha value is -1.27. The molecule has 0 aromatic carbocycles. The van der Waals surface area contributed by atoms with Gasteiger partial charge in [-0.25, -0.2) is 9.13 Å². The number of hydrogen-bond donors (Lipinski definition) is 0. The van der Waals surface area contributed by atoms with Crippen molar-refractivity contribution in [3.63, 3.8) is 0 Å². The third kappa shape index (κ3) is 8.45. The summed E-state index contributed by atoms with van der Waals surface area (Å²) in [6.45, 7) is 7.63. The van der Waals surface area contributed by atoms with Gasteiger partial charge in [0.05, 0.1) is 12.7 Å². The second-order valence-electron chi connectivity index (χ2n) is 4.00. The van der Waals surface area contributed by atoms with Gasteiger partial charge in [-0.15, -0.1) is 0 Å². The summed E-state index contributed by atoms with van der Waals surface area (Å²) < 4.78 is 43.6. The molecule has 19 heavy (non-hydrogen) atoms. The summed E-state index contributed by atoms with van der Waals surface area (Å²) in [5.74, 6) is 1.39. The van der Waals surface area contributed by atoms with Gasteiger partial charge in [-0.05, 0) is 19.4 Å². The van der Waals surface area contributed by atoms with Crippen LogP contribution in [0.1, 0.15) is 39.4 Å². The summed E-state index contributed by atoms with van der Waals surface area (Å²) in [4.78, 5) is 0. The van der Waals surface area contributed by atoms with Crippen LogP contribution in [0.4, 0.5) is 17.3 Å². The zero-order valence-corrected chi connectivity index (χ0v) is 11.6. The summed E-state index contributed by atoms with van der Waals surface area (Å²) in [5.41, 5.74) is 0. The van der Waals surface area contributed by atoms with Crippen LogP contribution in [0.25, 0.3) is 6.20 Å². The molecule has 0 radical (unpaired) electrons. The minimum absolute atomic E-state index is 1.08. The van der Waals surface area contributed by atoms with Crippen molar-refractivity contribution in [3.05, 3.63) is 24.3 Å². The van der Waals surface area contributed by atoms with E-state index in [9.17, 15) is 17.3 Å². The average molecular weight is 280 g/mol. The predicted molar refractivity (Wildman–Crippen MR) is 70.1 cm³/mol. The van der Waals surface area contributed by atoms with Crippen molar-refractivity contribution in [1.29, 1.82) is 0 Å². The second-order valence-corrected chi connectivity index (χ2v) is 4.00.